The number of nitrogens with one attached hydrogen (secondary N) is 1. The average molecular weight is 278 g/mol. The minimum absolute atomic E-state index is 0.0964. The first-order valence-electron chi connectivity index (χ1n) is 5.66. The Balaban J connectivity index is 2.18. The molecule has 0 atom stereocenters. The third-order valence-corrected chi connectivity index (χ3v) is 4.06. The topological polar surface area (TPSA) is 42.0 Å². The fourth-order valence-electron chi connectivity index (χ4n) is 1.51. The fourth-order valence-corrected chi connectivity index (χ4v) is 2.97. The van der Waals surface area contributed by atoms with Crippen molar-refractivity contribution in [3.8, 4) is 0 Å². The predicted molar refractivity (Wildman–Crippen MR) is 77.6 cm³/mol. The largest absolute Gasteiger partial charge is 0.298 e. The zero-order valence-electron chi connectivity index (χ0n) is 10.3. The van der Waals surface area contributed by atoms with Gasteiger partial charge in [0.05, 0.1) is 5.56 Å². The highest BCUT2D eigenvalue weighted by Gasteiger charge is 2.12. The maximum atomic E-state index is 12.2. The molecule has 0 saturated heterocycles. The van der Waals surface area contributed by atoms with E-state index in [2.05, 4.69) is 17.2 Å². The third kappa shape index (κ3) is 3.11. The number of carbonyl (C=O) groups excluding carboxylic acids is 1. The number of hydrogen-bond acceptors (Lipinski definition) is 4. The van der Waals surface area contributed by atoms with Crippen molar-refractivity contribution in [3.63, 3.8) is 0 Å². The molecule has 0 fully saturated rings. The molecule has 1 aromatic heterocycles. The van der Waals surface area contributed by atoms with Crippen LogP contribution >= 0.6 is 23.1 Å². The van der Waals surface area contributed by atoms with Crippen molar-refractivity contribution < 1.29 is 4.79 Å². The normalized spacial score (nSPS) is 10.3. The Hall–Kier alpha value is -1.33. The number of benzene rings is 1. The molecule has 1 amide bonds. The minimum atomic E-state index is -0.0964. The van der Waals surface area contributed by atoms with E-state index in [0.29, 0.717) is 10.7 Å². The molecule has 3 nitrogen and oxygen atoms in total. The van der Waals surface area contributed by atoms with Gasteiger partial charge in [-0.15, -0.1) is 23.1 Å². The summed E-state index contributed by atoms with van der Waals surface area (Å²) in [4.78, 5) is 18.4. The fraction of sp³-hybridized carbons (Fsp3) is 0.231. The van der Waals surface area contributed by atoms with Crippen LogP contribution < -0.4 is 5.32 Å². The number of anilines is 1. The molecule has 18 heavy (non-hydrogen) atoms. The average Bonchev–Trinajstić information content (AvgIpc) is 2.76. The van der Waals surface area contributed by atoms with E-state index >= 15 is 0 Å². The second-order valence-electron chi connectivity index (χ2n) is 3.66. The molecule has 0 aliphatic heterocycles. The van der Waals surface area contributed by atoms with Crippen LogP contribution in [0.15, 0.2) is 35.4 Å². The van der Waals surface area contributed by atoms with Gasteiger partial charge < -0.3 is 0 Å². The maximum Gasteiger partial charge on any atom is 0.258 e. The Morgan fingerprint density at radius 2 is 2.22 bits per heavy atom. The van der Waals surface area contributed by atoms with Crippen LogP contribution in [0, 0.1) is 6.92 Å². The standard InChI is InChI=1S/C13H14N2OS2/c1-3-17-11-7-5-4-6-10(11)12(16)15-13-14-8-9(2)18-13/h4-8H,3H2,1-2H3,(H,14,15,16). The van der Waals surface area contributed by atoms with Crippen LogP contribution in [0.1, 0.15) is 22.2 Å². The summed E-state index contributed by atoms with van der Waals surface area (Å²) in [5.41, 5.74) is 0.706. The number of aromatic nitrogens is 1. The number of nitrogens with zero attached hydrogens (tertiary/aromatic N) is 1. The van der Waals surface area contributed by atoms with Crippen molar-refractivity contribution in [1.29, 1.82) is 0 Å². The van der Waals surface area contributed by atoms with Crippen LogP contribution in [-0.4, -0.2) is 16.6 Å². The molecule has 0 radical (unpaired) electrons. The SMILES string of the molecule is CCSc1ccccc1C(=O)Nc1ncc(C)s1. The summed E-state index contributed by atoms with van der Waals surface area (Å²) in [6.45, 7) is 4.04. The van der Waals surface area contributed by atoms with Crippen molar-refractivity contribution in [2.24, 2.45) is 0 Å². The van der Waals surface area contributed by atoms with Crippen LogP contribution in [0.4, 0.5) is 5.13 Å². The van der Waals surface area contributed by atoms with Crippen molar-refractivity contribution in [3.05, 3.63) is 40.9 Å². The molecule has 0 aliphatic carbocycles. The zero-order valence-corrected chi connectivity index (χ0v) is 11.9. The second-order valence-corrected chi connectivity index (χ2v) is 6.20. The molecule has 0 unspecified atom stereocenters. The van der Waals surface area contributed by atoms with Gasteiger partial charge in [-0.1, -0.05) is 19.1 Å². The summed E-state index contributed by atoms with van der Waals surface area (Å²) in [6, 6.07) is 7.63. The number of thioether (sulfide) groups is 1. The first-order chi connectivity index (χ1) is 8.70. The van der Waals surface area contributed by atoms with Crippen LogP contribution in [0.25, 0.3) is 0 Å². The summed E-state index contributed by atoms with van der Waals surface area (Å²) < 4.78 is 0. The molecular weight excluding hydrogens is 264 g/mol. The molecule has 0 saturated carbocycles. The molecule has 1 aromatic carbocycles. The second kappa shape index (κ2) is 6.02. The van der Waals surface area contributed by atoms with Crippen LogP contribution in [0.2, 0.25) is 0 Å². The molecule has 2 aromatic rings. The number of amides is 1. The lowest BCUT2D eigenvalue weighted by Gasteiger charge is -2.07. The van der Waals surface area contributed by atoms with E-state index in [1.165, 1.54) is 11.3 Å². The molecule has 0 bridgehead atoms. The number of hydrogen-bond donors (Lipinski definition) is 1. The van der Waals surface area contributed by atoms with Gasteiger partial charge in [-0.2, -0.15) is 0 Å². The van der Waals surface area contributed by atoms with Gasteiger partial charge in [0.1, 0.15) is 0 Å². The Kier molecular flexibility index (Phi) is 4.38. The van der Waals surface area contributed by atoms with Crippen LogP contribution in [0.3, 0.4) is 0 Å². The summed E-state index contributed by atoms with van der Waals surface area (Å²) >= 11 is 3.15. The van der Waals surface area contributed by atoms with Crippen molar-refractivity contribution in [2.75, 3.05) is 11.1 Å². The van der Waals surface area contributed by atoms with Gasteiger partial charge in [0.15, 0.2) is 5.13 Å². The van der Waals surface area contributed by atoms with E-state index in [1.807, 2.05) is 31.2 Å². The Labute approximate surface area is 115 Å². The van der Waals surface area contributed by atoms with Gasteiger partial charge in [-0.25, -0.2) is 4.98 Å². The number of rotatable bonds is 4. The number of aryl methyl sites for hydroxylation is 1. The van der Waals surface area contributed by atoms with Gasteiger partial charge in [-0.05, 0) is 24.8 Å². The highest BCUT2D eigenvalue weighted by Crippen LogP contribution is 2.24. The van der Waals surface area contributed by atoms with Crippen LogP contribution in [0.5, 0.6) is 0 Å². The predicted octanol–water partition coefficient (Wildman–Crippen LogP) is 3.82. The first-order valence-corrected chi connectivity index (χ1v) is 7.46. The summed E-state index contributed by atoms with van der Waals surface area (Å²) in [7, 11) is 0. The van der Waals surface area contributed by atoms with Crippen molar-refractivity contribution >= 4 is 34.1 Å². The molecule has 94 valence electrons. The maximum absolute atomic E-state index is 12.2. The Morgan fingerprint density at radius 1 is 1.44 bits per heavy atom. The van der Waals surface area contributed by atoms with Gasteiger partial charge in [0.25, 0.3) is 5.91 Å². The van der Waals surface area contributed by atoms with Crippen molar-refractivity contribution in [2.45, 2.75) is 18.7 Å². The lowest BCUT2D eigenvalue weighted by atomic mass is 10.2. The number of carbonyl (C=O) groups is 1. The lowest BCUT2D eigenvalue weighted by Crippen LogP contribution is -2.12. The monoisotopic (exact) mass is 278 g/mol. The van der Waals surface area contributed by atoms with E-state index in [-0.39, 0.29) is 5.91 Å². The summed E-state index contributed by atoms with van der Waals surface area (Å²) in [6.07, 6.45) is 1.76. The number of thiazole rings is 1. The molecule has 1 N–H and O–H groups in total. The zero-order chi connectivity index (χ0) is 13.0. The third-order valence-electron chi connectivity index (χ3n) is 2.27. The molecule has 5 heteroatoms. The van der Waals surface area contributed by atoms with E-state index in [9.17, 15) is 4.79 Å². The van der Waals surface area contributed by atoms with Crippen LogP contribution in [-0.2, 0) is 0 Å². The summed E-state index contributed by atoms with van der Waals surface area (Å²) in [5.74, 6) is 0.849. The molecular formula is C13H14N2OS2. The molecule has 2 rings (SSSR count). The minimum Gasteiger partial charge on any atom is -0.298 e. The smallest absolute Gasteiger partial charge is 0.258 e. The van der Waals surface area contributed by atoms with E-state index in [1.54, 1.807) is 18.0 Å². The van der Waals surface area contributed by atoms with Gasteiger partial charge in [0, 0.05) is 16.0 Å². The Morgan fingerprint density at radius 3 is 2.89 bits per heavy atom. The Bertz CT molecular complexity index is 551. The van der Waals surface area contributed by atoms with E-state index < -0.39 is 0 Å². The lowest BCUT2D eigenvalue weighted by molar-refractivity contribution is 0.102. The van der Waals surface area contributed by atoms with Crippen molar-refractivity contribution in [1.82, 2.24) is 4.98 Å². The quantitative estimate of drug-likeness (QED) is 0.865. The van der Waals surface area contributed by atoms with E-state index in [4.69, 9.17) is 0 Å². The van der Waals surface area contributed by atoms with Gasteiger partial charge >= 0.3 is 0 Å². The van der Waals surface area contributed by atoms with E-state index in [0.717, 1.165) is 15.5 Å². The van der Waals surface area contributed by atoms with Gasteiger partial charge in [0.2, 0.25) is 0 Å². The first kappa shape index (κ1) is 13.1. The molecule has 0 aliphatic rings. The molecule has 1 heterocycles. The highest BCUT2D eigenvalue weighted by molar-refractivity contribution is 7.99. The highest BCUT2D eigenvalue weighted by atomic mass is 32.2. The summed E-state index contributed by atoms with van der Waals surface area (Å²) in [5, 5.41) is 3.48. The molecule has 0 spiro atoms. The van der Waals surface area contributed by atoms with Gasteiger partial charge in [-0.3, -0.25) is 10.1 Å².